The van der Waals surface area contributed by atoms with Crippen molar-refractivity contribution in [1.82, 2.24) is 5.32 Å². The van der Waals surface area contributed by atoms with E-state index in [9.17, 15) is 4.79 Å². The van der Waals surface area contributed by atoms with E-state index in [1.54, 1.807) is 24.3 Å². The van der Waals surface area contributed by atoms with Gasteiger partial charge in [-0.2, -0.15) is 0 Å². The molecule has 4 heteroatoms. The van der Waals surface area contributed by atoms with Crippen LogP contribution in [0.2, 0.25) is 0 Å². The molecule has 0 bridgehead atoms. The molecule has 0 saturated carbocycles. The molecular formula is C12H18N2O2. The molecule has 0 aromatic heterocycles. The highest BCUT2D eigenvalue weighted by atomic mass is 16.3. The zero-order valence-corrected chi connectivity index (χ0v) is 9.44. The minimum absolute atomic E-state index is 0.0394. The van der Waals surface area contributed by atoms with Gasteiger partial charge in [-0.05, 0) is 24.1 Å². The van der Waals surface area contributed by atoms with Gasteiger partial charge in [0.15, 0.2) is 0 Å². The number of rotatable bonds is 5. The van der Waals surface area contributed by atoms with Gasteiger partial charge < -0.3 is 16.2 Å². The van der Waals surface area contributed by atoms with E-state index < -0.39 is 0 Å². The van der Waals surface area contributed by atoms with Crippen LogP contribution in [0.15, 0.2) is 24.3 Å². The molecule has 1 atom stereocenters. The van der Waals surface area contributed by atoms with E-state index in [-0.39, 0.29) is 17.7 Å². The molecule has 1 aromatic rings. The van der Waals surface area contributed by atoms with Crippen LogP contribution in [0.3, 0.4) is 0 Å². The molecule has 0 heterocycles. The van der Waals surface area contributed by atoms with E-state index in [1.165, 1.54) is 0 Å². The van der Waals surface area contributed by atoms with Crippen LogP contribution < -0.4 is 11.1 Å². The van der Waals surface area contributed by atoms with E-state index >= 15 is 0 Å². The largest absolute Gasteiger partial charge is 0.508 e. The van der Waals surface area contributed by atoms with Crippen molar-refractivity contribution in [3.05, 3.63) is 29.8 Å². The van der Waals surface area contributed by atoms with Gasteiger partial charge in [-0.1, -0.05) is 19.1 Å². The number of hydrogen-bond acceptors (Lipinski definition) is 3. The molecule has 0 aliphatic heterocycles. The average molecular weight is 222 g/mol. The lowest BCUT2D eigenvalue weighted by Gasteiger charge is -2.09. The third-order valence-corrected chi connectivity index (χ3v) is 2.40. The second-order valence-electron chi connectivity index (χ2n) is 3.82. The highest BCUT2D eigenvalue weighted by molar-refractivity contribution is 5.76. The van der Waals surface area contributed by atoms with Gasteiger partial charge >= 0.3 is 0 Å². The third-order valence-electron chi connectivity index (χ3n) is 2.40. The Morgan fingerprint density at radius 1 is 1.44 bits per heavy atom. The van der Waals surface area contributed by atoms with Gasteiger partial charge in [0.05, 0.1) is 0 Å². The van der Waals surface area contributed by atoms with E-state index in [0.29, 0.717) is 13.0 Å². The van der Waals surface area contributed by atoms with Crippen LogP contribution >= 0.6 is 0 Å². The Bertz CT molecular complexity index is 335. The van der Waals surface area contributed by atoms with Gasteiger partial charge in [0.2, 0.25) is 5.91 Å². The van der Waals surface area contributed by atoms with Gasteiger partial charge in [-0.25, -0.2) is 0 Å². The van der Waals surface area contributed by atoms with Gasteiger partial charge in [0.25, 0.3) is 0 Å². The number of aromatic hydroxyl groups is 1. The first kappa shape index (κ1) is 12.5. The number of carbonyl (C=O) groups is 1. The van der Waals surface area contributed by atoms with Crippen LogP contribution in [-0.4, -0.2) is 17.1 Å². The lowest BCUT2D eigenvalue weighted by atomic mass is 10.1. The summed E-state index contributed by atoms with van der Waals surface area (Å²) in [5, 5.41) is 11.9. The Morgan fingerprint density at radius 3 is 2.62 bits per heavy atom. The first-order valence-corrected chi connectivity index (χ1v) is 5.42. The molecule has 4 N–H and O–H groups in total. The molecule has 0 fully saturated rings. The van der Waals surface area contributed by atoms with Crippen molar-refractivity contribution in [2.24, 2.45) is 5.73 Å². The van der Waals surface area contributed by atoms with Gasteiger partial charge in [0, 0.05) is 19.0 Å². The highest BCUT2D eigenvalue weighted by Crippen LogP contribution is 2.09. The summed E-state index contributed by atoms with van der Waals surface area (Å²) in [6.45, 7) is 2.42. The van der Waals surface area contributed by atoms with Crippen LogP contribution in [0.1, 0.15) is 25.3 Å². The number of phenolic OH excluding ortho intramolecular Hbond substituents is 1. The number of nitrogens with one attached hydrogen (secondary N) is 1. The Kier molecular flexibility index (Phi) is 4.79. The number of hydrogen-bond donors (Lipinski definition) is 3. The Morgan fingerprint density at radius 2 is 2.06 bits per heavy atom. The van der Waals surface area contributed by atoms with E-state index in [4.69, 9.17) is 10.8 Å². The quantitative estimate of drug-likeness (QED) is 0.699. The lowest BCUT2D eigenvalue weighted by Crippen LogP contribution is -2.30. The van der Waals surface area contributed by atoms with Gasteiger partial charge in [-0.3, -0.25) is 4.79 Å². The van der Waals surface area contributed by atoms with Crippen molar-refractivity contribution in [2.75, 3.05) is 0 Å². The molecule has 1 amide bonds. The average Bonchev–Trinajstić information content (AvgIpc) is 2.28. The van der Waals surface area contributed by atoms with Crippen LogP contribution in [0, 0.1) is 0 Å². The summed E-state index contributed by atoms with van der Waals surface area (Å²) in [6.07, 6.45) is 1.15. The monoisotopic (exact) mass is 222 g/mol. The molecule has 1 rings (SSSR count). The first-order valence-electron chi connectivity index (χ1n) is 5.42. The maximum absolute atomic E-state index is 11.4. The Balaban J connectivity index is 2.34. The number of phenols is 1. The second-order valence-corrected chi connectivity index (χ2v) is 3.82. The Labute approximate surface area is 95.5 Å². The molecular weight excluding hydrogens is 204 g/mol. The molecule has 4 nitrogen and oxygen atoms in total. The molecule has 88 valence electrons. The minimum Gasteiger partial charge on any atom is -0.508 e. The topological polar surface area (TPSA) is 75.4 Å². The smallest absolute Gasteiger partial charge is 0.221 e. The summed E-state index contributed by atoms with van der Waals surface area (Å²) >= 11 is 0. The summed E-state index contributed by atoms with van der Waals surface area (Å²) in [5.74, 6) is 0.186. The number of amides is 1. The fourth-order valence-electron chi connectivity index (χ4n) is 1.27. The van der Waals surface area contributed by atoms with Crippen molar-refractivity contribution in [3.63, 3.8) is 0 Å². The van der Waals surface area contributed by atoms with Crippen molar-refractivity contribution in [3.8, 4) is 5.75 Å². The third kappa shape index (κ3) is 4.31. The fraction of sp³-hybridized carbons (Fsp3) is 0.417. The summed E-state index contributed by atoms with van der Waals surface area (Å²) in [6, 6.07) is 6.67. The van der Waals surface area contributed by atoms with E-state index in [2.05, 4.69) is 5.32 Å². The summed E-state index contributed by atoms with van der Waals surface area (Å²) in [4.78, 5) is 11.4. The molecule has 0 spiro atoms. The summed E-state index contributed by atoms with van der Waals surface area (Å²) in [7, 11) is 0. The highest BCUT2D eigenvalue weighted by Gasteiger charge is 2.06. The maximum Gasteiger partial charge on any atom is 0.221 e. The second kappa shape index (κ2) is 6.12. The molecule has 16 heavy (non-hydrogen) atoms. The fourth-order valence-corrected chi connectivity index (χ4v) is 1.27. The molecule has 1 aromatic carbocycles. The lowest BCUT2D eigenvalue weighted by molar-refractivity contribution is -0.121. The normalized spacial score (nSPS) is 12.1. The number of benzene rings is 1. The van der Waals surface area contributed by atoms with E-state index in [1.807, 2.05) is 6.92 Å². The predicted molar refractivity (Wildman–Crippen MR) is 62.8 cm³/mol. The zero-order chi connectivity index (χ0) is 12.0. The number of carbonyl (C=O) groups excluding carboxylic acids is 1. The van der Waals surface area contributed by atoms with Gasteiger partial charge in [0.1, 0.15) is 5.75 Å². The van der Waals surface area contributed by atoms with Crippen molar-refractivity contribution in [1.29, 1.82) is 0 Å². The van der Waals surface area contributed by atoms with Crippen LogP contribution in [0.4, 0.5) is 0 Å². The van der Waals surface area contributed by atoms with Crippen molar-refractivity contribution >= 4 is 5.91 Å². The summed E-state index contributed by atoms with van der Waals surface area (Å²) in [5.41, 5.74) is 6.62. The predicted octanol–water partition coefficient (Wildman–Crippen LogP) is 1.14. The van der Waals surface area contributed by atoms with Crippen LogP contribution in [-0.2, 0) is 11.3 Å². The molecule has 1 unspecified atom stereocenters. The maximum atomic E-state index is 11.4. The van der Waals surface area contributed by atoms with Crippen molar-refractivity contribution in [2.45, 2.75) is 32.4 Å². The van der Waals surface area contributed by atoms with Crippen LogP contribution in [0.5, 0.6) is 5.75 Å². The molecule has 0 aliphatic carbocycles. The standard InChI is InChI=1S/C12H18N2O2/c1-2-10(13)7-12(16)14-8-9-3-5-11(15)6-4-9/h3-6,10,15H,2,7-8,13H2,1H3,(H,14,16). The zero-order valence-electron chi connectivity index (χ0n) is 9.44. The molecule has 0 radical (unpaired) electrons. The van der Waals surface area contributed by atoms with Crippen molar-refractivity contribution < 1.29 is 9.90 Å². The first-order chi connectivity index (χ1) is 7.61. The molecule has 0 aliphatic rings. The van der Waals surface area contributed by atoms with Gasteiger partial charge in [-0.15, -0.1) is 0 Å². The van der Waals surface area contributed by atoms with E-state index in [0.717, 1.165) is 12.0 Å². The minimum atomic E-state index is -0.0696. The SMILES string of the molecule is CCC(N)CC(=O)NCc1ccc(O)cc1. The molecule has 0 saturated heterocycles. The number of nitrogens with two attached hydrogens (primary N) is 1. The summed E-state index contributed by atoms with van der Waals surface area (Å²) < 4.78 is 0. The van der Waals surface area contributed by atoms with Crippen LogP contribution in [0.25, 0.3) is 0 Å². The Hall–Kier alpha value is -1.55.